The Labute approximate surface area is 160 Å². The van der Waals surface area contributed by atoms with E-state index < -0.39 is 0 Å². The lowest BCUT2D eigenvalue weighted by Gasteiger charge is -2.28. The molecule has 1 N–H and O–H groups in total. The second kappa shape index (κ2) is 7.94. The lowest BCUT2D eigenvalue weighted by atomic mass is 10.1. The zero-order chi connectivity index (χ0) is 18.6. The molecule has 1 aromatic carbocycles. The van der Waals surface area contributed by atoms with Crippen LogP contribution >= 0.6 is 0 Å². The van der Waals surface area contributed by atoms with Gasteiger partial charge in [-0.05, 0) is 69.4 Å². The predicted octanol–water partition coefficient (Wildman–Crippen LogP) is 3.63. The lowest BCUT2D eigenvalue weighted by Crippen LogP contribution is -2.29. The van der Waals surface area contributed by atoms with E-state index in [1.165, 1.54) is 24.9 Å². The van der Waals surface area contributed by atoms with Crippen LogP contribution in [0.3, 0.4) is 0 Å². The third-order valence-corrected chi connectivity index (χ3v) is 5.31. The van der Waals surface area contributed by atoms with Crippen LogP contribution in [0.1, 0.15) is 48.3 Å². The number of amides is 1. The first-order valence-electron chi connectivity index (χ1n) is 9.96. The zero-order valence-electron chi connectivity index (χ0n) is 15.9. The largest absolute Gasteiger partial charge is 0.372 e. The van der Waals surface area contributed by atoms with Crippen molar-refractivity contribution in [1.82, 2.24) is 9.97 Å². The first-order chi connectivity index (χ1) is 13.2. The van der Waals surface area contributed by atoms with Gasteiger partial charge in [0, 0.05) is 43.2 Å². The number of anilines is 3. The van der Waals surface area contributed by atoms with Crippen molar-refractivity contribution in [3.63, 3.8) is 0 Å². The highest BCUT2D eigenvalue weighted by atomic mass is 16.1. The van der Waals surface area contributed by atoms with Crippen LogP contribution in [0, 0.1) is 6.92 Å². The number of hydrogen-bond acceptors (Lipinski definition) is 5. The number of rotatable bonds is 4. The lowest BCUT2D eigenvalue weighted by molar-refractivity contribution is 0.102. The third kappa shape index (κ3) is 4.21. The number of benzene rings is 1. The minimum absolute atomic E-state index is 0.188. The average Bonchev–Trinajstić information content (AvgIpc) is 3.24. The highest BCUT2D eigenvalue weighted by Crippen LogP contribution is 2.22. The summed E-state index contributed by atoms with van der Waals surface area (Å²) in [4.78, 5) is 26.2. The van der Waals surface area contributed by atoms with Gasteiger partial charge in [0.2, 0.25) is 5.95 Å². The Morgan fingerprint density at radius 2 is 1.52 bits per heavy atom. The Hall–Kier alpha value is -2.63. The number of aromatic nitrogens is 2. The molecule has 0 atom stereocenters. The van der Waals surface area contributed by atoms with Crippen LogP contribution in [0.5, 0.6) is 0 Å². The Balaban J connectivity index is 1.45. The number of nitrogens with zero attached hydrogens (tertiary/aromatic N) is 4. The molecule has 1 amide bonds. The molecular weight excluding hydrogens is 338 g/mol. The second-order valence-corrected chi connectivity index (χ2v) is 7.44. The van der Waals surface area contributed by atoms with Crippen LogP contribution in [-0.4, -0.2) is 42.1 Å². The van der Waals surface area contributed by atoms with Gasteiger partial charge in [0.05, 0.1) is 0 Å². The quantitative estimate of drug-likeness (QED) is 0.896. The van der Waals surface area contributed by atoms with E-state index in [2.05, 4.69) is 37.2 Å². The summed E-state index contributed by atoms with van der Waals surface area (Å²) in [5, 5.41) is 2.97. The van der Waals surface area contributed by atoms with E-state index in [9.17, 15) is 4.79 Å². The van der Waals surface area contributed by atoms with Crippen molar-refractivity contribution in [2.75, 3.05) is 41.3 Å². The summed E-state index contributed by atoms with van der Waals surface area (Å²) in [6.45, 7) is 6.06. The van der Waals surface area contributed by atoms with Crippen molar-refractivity contribution in [3.05, 3.63) is 41.7 Å². The Kier molecular flexibility index (Phi) is 5.23. The van der Waals surface area contributed by atoms with E-state index >= 15 is 0 Å². The number of hydrogen-bond donors (Lipinski definition) is 1. The molecule has 2 fully saturated rings. The Morgan fingerprint density at radius 1 is 0.889 bits per heavy atom. The molecule has 0 saturated carbocycles. The summed E-state index contributed by atoms with van der Waals surface area (Å²) >= 11 is 0. The predicted molar refractivity (Wildman–Crippen MR) is 109 cm³/mol. The summed E-state index contributed by atoms with van der Waals surface area (Å²) in [7, 11) is 0. The first kappa shape index (κ1) is 17.8. The standard InChI is InChI=1S/C21H27N5O/c1-16-15-19(24-21(22-16)26-13-5-6-14-26)20(27)23-17-7-9-18(10-8-17)25-11-3-2-4-12-25/h7-10,15H,2-6,11-14H2,1H3,(H,23,27). The summed E-state index contributed by atoms with van der Waals surface area (Å²) in [6.07, 6.45) is 6.14. The van der Waals surface area contributed by atoms with Gasteiger partial charge in [-0.15, -0.1) is 0 Å². The average molecular weight is 365 g/mol. The molecule has 1 aromatic heterocycles. The highest BCUT2D eigenvalue weighted by Gasteiger charge is 2.18. The molecule has 6 heteroatoms. The van der Waals surface area contributed by atoms with Crippen molar-refractivity contribution in [2.24, 2.45) is 0 Å². The fraction of sp³-hybridized carbons (Fsp3) is 0.476. The molecule has 0 radical (unpaired) electrons. The molecule has 4 rings (SSSR count). The topological polar surface area (TPSA) is 61.4 Å². The molecule has 142 valence electrons. The molecule has 2 saturated heterocycles. The fourth-order valence-electron chi connectivity index (χ4n) is 3.83. The first-order valence-corrected chi connectivity index (χ1v) is 9.96. The van der Waals surface area contributed by atoms with Crippen molar-refractivity contribution >= 4 is 23.2 Å². The molecule has 0 bridgehead atoms. The van der Waals surface area contributed by atoms with E-state index in [0.29, 0.717) is 11.6 Å². The Bertz CT molecular complexity index is 793. The number of aryl methyl sites for hydroxylation is 1. The number of carbonyl (C=O) groups excluding carboxylic acids is 1. The van der Waals surface area contributed by atoms with E-state index in [-0.39, 0.29) is 5.91 Å². The molecule has 2 aromatic rings. The number of carbonyl (C=O) groups is 1. The van der Waals surface area contributed by atoms with E-state index in [1.54, 1.807) is 6.07 Å². The van der Waals surface area contributed by atoms with Crippen LogP contribution in [0.15, 0.2) is 30.3 Å². The summed E-state index contributed by atoms with van der Waals surface area (Å²) in [5.41, 5.74) is 3.25. The van der Waals surface area contributed by atoms with Gasteiger partial charge in [-0.25, -0.2) is 9.97 Å². The molecular formula is C21H27N5O. The van der Waals surface area contributed by atoms with Crippen LogP contribution in [0.4, 0.5) is 17.3 Å². The number of nitrogens with one attached hydrogen (secondary N) is 1. The van der Waals surface area contributed by atoms with Gasteiger partial charge < -0.3 is 15.1 Å². The van der Waals surface area contributed by atoms with E-state index in [1.807, 2.05) is 19.1 Å². The molecule has 0 unspecified atom stereocenters. The molecule has 2 aliphatic heterocycles. The van der Waals surface area contributed by atoms with Gasteiger partial charge in [-0.1, -0.05) is 0 Å². The van der Waals surface area contributed by atoms with Crippen molar-refractivity contribution in [2.45, 2.75) is 39.0 Å². The minimum atomic E-state index is -0.188. The normalized spacial score (nSPS) is 17.2. The van der Waals surface area contributed by atoms with Gasteiger partial charge >= 0.3 is 0 Å². The van der Waals surface area contributed by atoms with Gasteiger partial charge in [-0.2, -0.15) is 0 Å². The summed E-state index contributed by atoms with van der Waals surface area (Å²) in [5.74, 6) is 0.477. The van der Waals surface area contributed by atoms with Crippen molar-refractivity contribution < 1.29 is 4.79 Å². The highest BCUT2D eigenvalue weighted by molar-refractivity contribution is 6.03. The third-order valence-electron chi connectivity index (χ3n) is 5.31. The fourth-order valence-corrected chi connectivity index (χ4v) is 3.83. The number of piperidine rings is 1. The Morgan fingerprint density at radius 3 is 2.22 bits per heavy atom. The van der Waals surface area contributed by atoms with Crippen LogP contribution in [-0.2, 0) is 0 Å². The van der Waals surface area contributed by atoms with Crippen LogP contribution in [0.2, 0.25) is 0 Å². The van der Waals surface area contributed by atoms with Gasteiger partial charge in [0.25, 0.3) is 5.91 Å². The van der Waals surface area contributed by atoms with Crippen LogP contribution < -0.4 is 15.1 Å². The van der Waals surface area contributed by atoms with Gasteiger partial charge in [-0.3, -0.25) is 4.79 Å². The molecule has 6 nitrogen and oxygen atoms in total. The smallest absolute Gasteiger partial charge is 0.274 e. The van der Waals surface area contributed by atoms with Crippen LogP contribution in [0.25, 0.3) is 0 Å². The molecule has 0 aliphatic carbocycles. The molecule has 0 spiro atoms. The molecule has 27 heavy (non-hydrogen) atoms. The van der Waals surface area contributed by atoms with E-state index in [0.717, 1.165) is 50.4 Å². The SMILES string of the molecule is Cc1cc(C(=O)Nc2ccc(N3CCCCC3)cc2)nc(N2CCCC2)n1. The maximum Gasteiger partial charge on any atom is 0.274 e. The van der Waals surface area contributed by atoms with Gasteiger partial charge in [0.15, 0.2) is 0 Å². The summed E-state index contributed by atoms with van der Waals surface area (Å²) < 4.78 is 0. The van der Waals surface area contributed by atoms with Crippen molar-refractivity contribution in [1.29, 1.82) is 0 Å². The monoisotopic (exact) mass is 365 g/mol. The maximum atomic E-state index is 12.7. The molecule has 2 aliphatic rings. The van der Waals surface area contributed by atoms with E-state index in [4.69, 9.17) is 0 Å². The van der Waals surface area contributed by atoms with Crippen molar-refractivity contribution in [3.8, 4) is 0 Å². The zero-order valence-corrected chi connectivity index (χ0v) is 15.9. The molecule has 3 heterocycles. The minimum Gasteiger partial charge on any atom is -0.372 e. The van der Waals surface area contributed by atoms with Gasteiger partial charge in [0.1, 0.15) is 5.69 Å². The maximum absolute atomic E-state index is 12.7. The second-order valence-electron chi connectivity index (χ2n) is 7.44. The summed E-state index contributed by atoms with van der Waals surface area (Å²) in [6, 6.07) is 9.86.